The van der Waals surface area contributed by atoms with E-state index >= 15 is 0 Å². The first-order valence-corrected chi connectivity index (χ1v) is 7.48. The molecule has 1 aromatic carbocycles. The molecule has 1 amide bonds. The summed E-state index contributed by atoms with van der Waals surface area (Å²) in [5.74, 6) is 2.16. The van der Waals surface area contributed by atoms with E-state index in [9.17, 15) is 4.79 Å². The fraction of sp³-hybridized carbons (Fsp3) is 0.500. The van der Waals surface area contributed by atoms with Crippen LogP contribution in [-0.4, -0.2) is 30.0 Å². The minimum absolute atomic E-state index is 0.126. The Morgan fingerprint density at radius 1 is 1.39 bits per heavy atom. The maximum Gasteiger partial charge on any atom is 0.237 e. The van der Waals surface area contributed by atoms with Gasteiger partial charge in [-0.05, 0) is 23.6 Å². The van der Waals surface area contributed by atoms with E-state index in [-0.39, 0.29) is 11.9 Å². The molecule has 4 heteroatoms. The molecule has 0 spiro atoms. The van der Waals surface area contributed by atoms with Crippen LogP contribution in [0.15, 0.2) is 24.3 Å². The Labute approximate surface area is 113 Å². The molecule has 1 heterocycles. The van der Waals surface area contributed by atoms with Gasteiger partial charge in [-0.3, -0.25) is 4.79 Å². The Kier molecular flexibility index (Phi) is 4.30. The van der Waals surface area contributed by atoms with Crippen LogP contribution in [0.25, 0.3) is 0 Å². The zero-order chi connectivity index (χ0) is 13.1. The predicted molar refractivity (Wildman–Crippen MR) is 78.2 cm³/mol. The molecule has 1 unspecified atom stereocenters. The Hall–Kier alpha value is -1.00. The summed E-state index contributed by atoms with van der Waals surface area (Å²) in [5.41, 5.74) is 8.03. The van der Waals surface area contributed by atoms with Gasteiger partial charge in [0.15, 0.2) is 0 Å². The van der Waals surface area contributed by atoms with Crippen LogP contribution in [0.2, 0.25) is 0 Å². The number of nitrogens with zero attached hydrogens (tertiary/aromatic N) is 1. The lowest BCUT2D eigenvalue weighted by atomic mass is 10.0. The second-order valence-electron chi connectivity index (χ2n) is 4.91. The average Bonchev–Trinajstić information content (AvgIpc) is 2.38. The quantitative estimate of drug-likeness (QED) is 0.910. The van der Waals surface area contributed by atoms with E-state index in [1.165, 1.54) is 5.56 Å². The predicted octanol–water partition coefficient (Wildman–Crippen LogP) is 2.22. The Morgan fingerprint density at radius 3 is 2.61 bits per heavy atom. The maximum absolute atomic E-state index is 12.0. The third kappa shape index (κ3) is 2.70. The van der Waals surface area contributed by atoms with Crippen molar-refractivity contribution in [2.24, 2.45) is 5.73 Å². The molecule has 1 aromatic rings. The molecule has 0 radical (unpaired) electrons. The molecule has 0 aromatic heterocycles. The summed E-state index contributed by atoms with van der Waals surface area (Å²) in [6.45, 7) is 4.85. The molecule has 1 saturated heterocycles. The van der Waals surface area contributed by atoms with Gasteiger partial charge in [-0.25, -0.2) is 0 Å². The van der Waals surface area contributed by atoms with Gasteiger partial charge >= 0.3 is 0 Å². The summed E-state index contributed by atoms with van der Waals surface area (Å²) in [6, 6.07) is 8.39. The minimum Gasteiger partial charge on any atom is -0.328 e. The standard InChI is InChI=1S/C14H20N2OS/c1-10(2)11-3-5-12(6-4-11)16-13(7-15)8-18-9-14(16)17/h3-6,10,13H,7-9,15H2,1-2H3. The van der Waals surface area contributed by atoms with Crippen molar-refractivity contribution in [2.45, 2.75) is 25.8 Å². The van der Waals surface area contributed by atoms with Crippen molar-refractivity contribution in [2.75, 3.05) is 23.0 Å². The smallest absolute Gasteiger partial charge is 0.237 e. The van der Waals surface area contributed by atoms with E-state index in [2.05, 4.69) is 26.0 Å². The molecule has 1 fully saturated rings. The molecule has 1 aliphatic rings. The van der Waals surface area contributed by atoms with Crippen molar-refractivity contribution < 1.29 is 4.79 Å². The number of hydrogen-bond donors (Lipinski definition) is 1. The van der Waals surface area contributed by atoms with E-state index in [0.29, 0.717) is 18.2 Å². The number of benzene rings is 1. The number of carbonyl (C=O) groups is 1. The monoisotopic (exact) mass is 264 g/mol. The van der Waals surface area contributed by atoms with E-state index in [0.717, 1.165) is 11.4 Å². The number of rotatable bonds is 3. The lowest BCUT2D eigenvalue weighted by Crippen LogP contribution is -2.50. The molecular formula is C14H20N2OS. The maximum atomic E-state index is 12.0. The number of thioether (sulfide) groups is 1. The van der Waals surface area contributed by atoms with E-state index in [1.54, 1.807) is 11.8 Å². The summed E-state index contributed by atoms with van der Waals surface area (Å²) in [6.07, 6.45) is 0. The van der Waals surface area contributed by atoms with Crippen molar-refractivity contribution in [3.8, 4) is 0 Å². The number of amides is 1. The molecule has 0 saturated carbocycles. The van der Waals surface area contributed by atoms with Gasteiger partial charge in [0.25, 0.3) is 0 Å². The van der Waals surface area contributed by atoms with Crippen molar-refractivity contribution in [1.82, 2.24) is 0 Å². The Bertz CT molecular complexity index is 416. The molecule has 2 N–H and O–H groups in total. The molecule has 3 nitrogen and oxygen atoms in total. The Balaban J connectivity index is 2.25. The first-order valence-electron chi connectivity index (χ1n) is 6.33. The summed E-state index contributed by atoms with van der Waals surface area (Å²) in [4.78, 5) is 13.9. The SMILES string of the molecule is CC(C)c1ccc(N2C(=O)CSCC2CN)cc1. The Morgan fingerprint density at radius 2 is 2.06 bits per heavy atom. The van der Waals surface area contributed by atoms with Crippen LogP contribution >= 0.6 is 11.8 Å². The second-order valence-corrected chi connectivity index (χ2v) is 5.94. The van der Waals surface area contributed by atoms with Crippen LogP contribution < -0.4 is 10.6 Å². The van der Waals surface area contributed by atoms with Gasteiger partial charge < -0.3 is 10.6 Å². The molecular weight excluding hydrogens is 244 g/mol. The van der Waals surface area contributed by atoms with Crippen LogP contribution in [0.1, 0.15) is 25.3 Å². The van der Waals surface area contributed by atoms with Crippen LogP contribution in [-0.2, 0) is 4.79 Å². The van der Waals surface area contributed by atoms with Crippen LogP contribution in [0.4, 0.5) is 5.69 Å². The topological polar surface area (TPSA) is 46.3 Å². The van der Waals surface area contributed by atoms with Crippen molar-refractivity contribution in [1.29, 1.82) is 0 Å². The normalized spacial score (nSPS) is 20.6. The molecule has 1 aliphatic heterocycles. The van der Waals surface area contributed by atoms with Gasteiger partial charge in [-0.2, -0.15) is 0 Å². The second kappa shape index (κ2) is 5.76. The molecule has 2 rings (SSSR count). The highest BCUT2D eigenvalue weighted by Gasteiger charge is 2.28. The van der Waals surface area contributed by atoms with Gasteiger partial charge in [0.1, 0.15) is 0 Å². The van der Waals surface area contributed by atoms with Crippen molar-refractivity contribution in [3.05, 3.63) is 29.8 Å². The first kappa shape index (κ1) is 13.4. The molecule has 0 bridgehead atoms. The summed E-state index contributed by atoms with van der Waals surface area (Å²) >= 11 is 1.67. The third-order valence-electron chi connectivity index (χ3n) is 3.28. The highest BCUT2D eigenvalue weighted by molar-refractivity contribution is 8.00. The van der Waals surface area contributed by atoms with Crippen molar-refractivity contribution >= 4 is 23.4 Å². The van der Waals surface area contributed by atoms with Gasteiger partial charge in [-0.1, -0.05) is 26.0 Å². The molecule has 1 atom stereocenters. The van der Waals surface area contributed by atoms with Crippen LogP contribution in [0, 0.1) is 0 Å². The van der Waals surface area contributed by atoms with E-state index in [1.807, 2.05) is 17.0 Å². The van der Waals surface area contributed by atoms with Crippen molar-refractivity contribution in [3.63, 3.8) is 0 Å². The van der Waals surface area contributed by atoms with Crippen LogP contribution in [0.3, 0.4) is 0 Å². The number of carbonyl (C=O) groups excluding carboxylic acids is 1. The van der Waals surface area contributed by atoms with E-state index < -0.39 is 0 Å². The fourth-order valence-electron chi connectivity index (χ4n) is 2.18. The first-order chi connectivity index (χ1) is 8.63. The highest BCUT2D eigenvalue weighted by atomic mass is 32.2. The fourth-order valence-corrected chi connectivity index (χ4v) is 3.17. The largest absolute Gasteiger partial charge is 0.328 e. The van der Waals surface area contributed by atoms with E-state index in [4.69, 9.17) is 5.73 Å². The van der Waals surface area contributed by atoms with Gasteiger partial charge in [0.2, 0.25) is 5.91 Å². The van der Waals surface area contributed by atoms with Gasteiger partial charge in [0, 0.05) is 18.0 Å². The average molecular weight is 264 g/mol. The van der Waals surface area contributed by atoms with Gasteiger partial charge in [-0.15, -0.1) is 11.8 Å². The van der Waals surface area contributed by atoms with Crippen LogP contribution in [0.5, 0.6) is 0 Å². The summed E-state index contributed by atoms with van der Waals surface area (Å²) in [7, 11) is 0. The minimum atomic E-state index is 0.126. The zero-order valence-electron chi connectivity index (χ0n) is 10.9. The third-order valence-corrected chi connectivity index (χ3v) is 4.35. The molecule has 98 valence electrons. The van der Waals surface area contributed by atoms with Gasteiger partial charge in [0.05, 0.1) is 11.8 Å². The highest BCUT2D eigenvalue weighted by Crippen LogP contribution is 2.26. The summed E-state index contributed by atoms with van der Waals surface area (Å²) in [5, 5.41) is 0. The number of hydrogen-bond acceptors (Lipinski definition) is 3. The lowest BCUT2D eigenvalue weighted by molar-refractivity contribution is -0.116. The zero-order valence-corrected chi connectivity index (χ0v) is 11.7. The number of anilines is 1. The number of nitrogens with two attached hydrogens (primary N) is 1. The molecule has 18 heavy (non-hydrogen) atoms. The summed E-state index contributed by atoms with van der Waals surface area (Å²) < 4.78 is 0. The molecule has 0 aliphatic carbocycles. The lowest BCUT2D eigenvalue weighted by Gasteiger charge is -2.34.